The average Bonchev–Trinajstić information content (AvgIpc) is 2.76. The smallest absolute Gasteiger partial charge is 0.305 e. The van der Waals surface area contributed by atoms with Crippen molar-refractivity contribution < 1.29 is 14.3 Å². The van der Waals surface area contributed by atoms with Crippen LogP contribution in [0.5, 0.6) is 0 Å². The second-order valence-corrected chi connectivity index (χ2v) is 9.13. The molecule has 0 aliphatic rings. The zero-order valence-electron chi connectivity index (χ0n) is 20.9. The number of carbonyl (C=O) groups excluding carboxylic acids is 1. The van der Waals surface area contributed by atoms with E-state index in [4.69, 9.17) is 4.74 Å². The lowest BCUT2D eigenvalue weighted by molar-refractivity contribution is -0.140. The third-order valence-electron chi connectivity index (χ3n) is 6.35. The predicted molar refractivity (Wildman–Crippen MR) is 130 cm³/mol. The highest BCUT2D eigenvalue weighted by atomic mass is 16.5. The molecule has 0 bridgehead atoms. The van der Waals surface area contributed by atoms with E-state index in [2.05, 4.69) is 11.7 Å². The normalized spacial score (nSPS) is 12.2. The van der Waals surface area contributed by atoms with Crippen molar-refractivity contribution in [3.05, 3.63) is 0 Å². The van der Waals surface area contributed by atoms with Crippen molar-refractivity contribution in [1.29, 1.82) is 0 Å². The minimum absolute atomic E-state index is 0.113. The number of methoxy groups -OCH3 is 2. The number of ether oxygens (including phenoxy) is 2. The van der Waals surface area contributed by atoms with Crippen LogP contribution in [0.2, 0.25) is 0 Å². The quantitative estimate of drug-likeness (QED) is 0.114. The minimum Gasteiger partial charge on any atom is -0.469 e. The van der Waals surface area contributed by atoms with Crippen LogP contribution in [0.1, 0.15) is 148 Å². The van der Waals surface area contributed by atoms with Gasteiger partial charge in [-0.3, -0.25) is 4.79 Å². The maximum absolute atomic E-state index is 11.2. The fourth-order valence-electron chi connectivity index (χ4n) is 4.23. The van der Waals surface area contributed by atoms with Gasteiger partial charge in [-0.2, -0.15) is 0 Å². The molecular weight excluding hydrogens is 372 g/mol. The van der Waals surface area contributed by atoms with Crippen LogP contribution in [0.25, 0.3) is 0 Å². The first-order valence-electron chi connectivity index (χ1n) is 13.3. The fraction of sp³-hybridized carbons (Fsp3) is 0.963. The van der Waals surface area contributed by atoms with Gasteiger partial charge in [-0.05, 0) is 19.3 Å². The van der Waals surface area contributed by atoms with Gasteiger partial charge in [0.25, 0.3) is 0 Å². The molecule has 0 saturated carbocycles. The Labute approximate surface area is 189 Å². The molecule has 0 fully saturated rings. The van der Waals surface area contributed by atoms with Crippen LogP contribution in [0.4, 0.5) is 0 Å². The number of hydrogen-bond acceptors (Lipinski definition) is 3. The molecule has 0 spiro atoms. The number of esters is 1. The number of rotatable bonds is 24. The summed E-state index contributed by atoms with van der Waals surface area (Å²) in [6.07, 6.45) is 29.2. The highest BCUT2D eigenvalue weighted by molar-refractivity contribution is 5.68. The summed E-state index contributed by atoms with van der Waals surface area (Å²) in [5, 5.41) is 0. The van der Waals surface area contributed by atoms with Gasteiger partial charge in [0.15, 0.2) is 0 Å². The molecule has 30 heavy (non-hydrogen) atoms. The summed E-state index contributed by atoms with van der Waals surface area (Å²) < 4.78 is 10.2. The topological polar surface area (TPSA) is 35.5 Å². The van der Waals surface area contributed by atoms with Crippen LogP contribution >= 0.6 is 0 Å². The molecule has 0 saturated heterocycles. The molecule has 0 aliphatic carbocycles. The molecule has 0 N–H and O–H groups in total. The molecule has 3 nitrogen and oxygen atoms in total. The maximum atomic E-state index is 11.2. The summed E-state index contributed by atoms with van der Waals surface area (Å²) in [6.45, 7) is 2.29. The van der Waals surface area contributed by atoms with Crippen molar-refractivity contribution in [1.82, 2.24) is 0 Å². The maximum Gasteiger partial charge on any atom is 0.305 e. The average molecular weight is 427 g/mol. The molecule has 0 aromatic heterocycles. The van der Waals surface area contributed by atoms with E-state index < -0.39 is 0 Å². The predicted octanol–water partition coefficient (Wildman–Crippen LogP) is 8.78. The third-order valence-corrected chi connectivity index (χ3v) is 6.35. The molecule has 0 amide bonds. The van der Waals surface area contributed by atoms with Crippen LogP contribution in [0.3, 0.4) is 0 Å². The van der Waals surface area contributed by atoms with Gasteiger partial charge < -0.3 is 9.47 Å². The van der Waals surface area contributed by atoms with Gasteiger partial charge in [0.2, 0.25) is 0 Å². The second kappa shape index (κ2) is 24.7. The van der Waals surface area contributed by atoms with Crippen LogP contribution in [-0.2, 0) is 14.3 Å². The SMILES string of the molecule is CCCCCCCCCCCCCCCCCCCC[C@H](CCCC(=O)OC)OC. The van der Waals surface area contributed by atoms with Gasteiger partial charge in [0, 0.05) is 13.5 Å². The summed E-state index contributed by atoms with van der Waals surface area (Å²) in [6, 6.07) is 0. The van der Waals surface area contributed by atoms with Crippen molar-refractivity contribution in [3.63, 3.8) is 0 Å². The van der Waals surface area contributed by atoms with Crippen molar-refractivity contribution in [2.45, 2.75) is 154 Å². The Balaban J connectivity index is 3.22. The van der Waals surface area contributed by atoms with Crippen molar-refractivity contribution in [2.24, 2.45) is 0 Å². The zero-order valence-corrected chi connectivity index (χ0v) is 20.9. The van der Waals surface area contributed by atoms with Crippen LogP contribution in [0.15, 0.2) is 0 Å². The van der Waals surface area contributed by atoms with Crippen molar-refractivity contribution in [2.75, 3.05) is 14.2 Å². The summed E-state index contributed by atoms with van der Waals surface area (Å²) in [5.74, 6) is -0.113. The molecule has 3 heteroatoms. The Hall–Kier alpha value is -0.570. The third kappa shape index (κ3) is 22.1. The second-order valence-electron chi connectivity index (χ2n) is 9.13. The van der Waals surface area contributed by atoms with Gasteiger partial charge in [-0.1, -0.05) is 122 Å². The Morgan fingerprint density at radius 1 is 0.567 bits per heavy atom. The molecule has 0 rings (SSSR count). The van der Waals surface area contributed by atoms with Gasteiger partial charge in [0.05, 0.1) is 13.2 Å². The first-order chi connectivity index (χ1) is 14.7. The molecular formula is C27H54O3. The molecule has 180 valence electrons. The highest BCUT2D eigenvalue weighted by Crippen LogP contribution is 2.16. The minimum atomic E-state index is -0.113. The lowest BCUT2D eigenvalue weighted by Crippen LogP contribution is -2.11. The Morgan fingerprint density at radius 2 is 0.933 bits per heavy atom. The number of unbranched alkanes of at least 4 members (excludes halogenated alkanes) is 17. The lowest BCUT2D eigenvalue weighted by Gasteiger charge is -2.14. The Kier molecular flexibility index (Phi) is 24.2. The first-order valence-corrected chi connectivity index (χ1v) is 13.3. The van der Waals surface area contributed by atoms with E-state index in [9.17, 15) is 4.79 Å². The Bertz CT molecular complexity index is 343. The van der Waals surface area contributed by atoms with E-state index in [0.717, 1.165) is 19.3 Å². The molecule has 0 unspecified atom stereocenters. The molecule has 0 heterocycles. The van der Waals surface area contributed by atoms with Gasteiger partial charge in [-0.15, -0.1) is 0 Å². The molecule has 0 aromatic rings. The van der Waals surface area contributed by atoms with Crippen molar-refractivity contribution in [3.8, 4) is 0 Å². The summed E-state index contributed by atoms with van der Waals surface area (Å²) in [7, 11) is 3.24. The van der Waals surface area contributed by atoms with E-state index >= 15 is 0 Å². The lowest BCUT2D eigenvalue weighted by atomic mass is 10.0. The highest BCUT2D eigenvalue weighted by Gasteiger charge is 2.08. The summed E-state index contributed by atoms with van der Waals surface area (Å²) in [4.78, 5) is 11.2. The zero-order chi connectivity index (χ0) is 22.1. The fourth-order valence-corrected chi connectivity index (χ4v) is 4.23. The molecule has 0 radical (unpaired) electrons. The Morgan fingerprint density at radius 3 is 1.30 bits per heavy atom. The van der Waals surface area contributed by atoms with Gasteiger partial charge >= 0.3 is 5.97 Å². The summed E-state index contributed by atoms with van der Waals surface area (Å²) >= 11 is 0. The standard InChI is InChI=1S/C27H54O3/c1-4-5-6-7-8-9-10-11-12-13-14-15-16-17-18-19-20-21-23-26(29-2)24-22-25-27(28)30-3/h26H,4-25H2,1-3H3/t26-/m1/s1. The summed E-state index contributed by atoms with van der Waals surface area (Å²) in [5.41, 5.74) is 0. The van der Waals surface area contributed by atoms with Gasteiger partial charge in [0.1, 0.15) is 0 Å². The molecule has 0 aliphatic heterocycles. The van der Waals surface area contributed by atoms with E-state index in [1.54, 1.807) is 7.11 Å². The van der Waals surface area contributed by atoms with Crippen LogP contribution in [-0.4, -0.2) is 26.3 Å². The molecule has 0 aromatic carbocycles. The van der Waals surface area contributed by atoms with Crippen LogP contribution in [0, 0.1) is 0 Å². The largest absolute Gasteiger partial charge is 0.469 e. The van der Waals surface area contributed by atoms with Crippen LogP contribution < -0.4 is 0 Å². The van der Waals surface area contributed by atoms with E-state index in [1.807, 2.05) is 0 Å². The van der Waals surface area contributed by atoms with E-state index in [0.29, 0.717) is 12.5 Å². The van der Waals surface area contributed by atoms with E-state index in [1.165, 1.54) is 123 Å². The molecule has 1 atom stereocenters. The monoisotopic (exact) mass is 426 g/mol. The van der Waals surface area contributed by atoms with E-state index in [-0.39, 0.29) is 5.97 Å². The number of carbonyl (C=O) groups is 1. The van der Waals surface area contributed by atoms with Gasteiger partial charge in [-0.25, -0.2) is 0 Å². The first kappa shape index (κ1) is 29.4. The number of hydrogen-bond donors (Lipinski definition) is 0. The van der Waals surface area contributed by atoms with Crippen molar-refractivity contribution >= 4 is 5.97 Å².